The normalized spacial score (nSPS) is 32.7. The van der Waals surface area contributed by atoms with Gasteiger partial charge in [-0.25, -0.2) is 0 Å². The fourth-order valence-corrected chi connectivity index (χ4v) is 6.91. The topological polar surface area (TPSA) is 142 Å². The number of benzene rings is 1. The van der Waals surface area contributed by atoms with E-state index in [0.29, 0.717) is 37.3 Å². The molecule has 0 aromatic heterocycles. The third-order valence-corrected chi connectivity index (χ3v) is 8.17. The zero-order valence-electron chi connectivity index (χ0n) is 17.7. The second-order valence-electron chi connectivity index (χ2n) is 9.84. The second-order valence-corrected chi connectivity index (χ2v) is 11.4. The maximum absolute atomic E-state index is 11.0. The standard InChI is InChI=1S/C22H33N3O5S/c23-19(21(26)27)10-14-2-4-18(5-3-14)25-22-11-15-8-16(12-22)20(17(9-15)13-22)24-6-1-7-31(28,29)30/h2-5,15-17,19-20,24-25H,1,6-13,23H2,(H,26,27)(H,28,29,30)/t15?,16?,17?,19-,20?,22?/m0/s1. The van der Waals surface area contributed by atoms with Crippen molar-refractivity contribution in [2.24, 2.45) is 23.5 Å². The van der Waals surface area contributed by atoms with Gasteiger partial charge in [0.1, 0.15) is 6.04 Å². The maximum atomic E-state index is 11.0. The van der Waals surface area contributed by atoms with E-state index in [2.05, 4.69) is 10.6 Å². The molecule has 9 heteroatoms. The van der Waals surface area contributed by atoms with Gasteiger partial charge in [0, 0.05) is 17.3 Å². The van der Waals surface area contributed by atoms with Crippen molar-refractivity contribution in [3.8, 4) is 0 Å². The Labute approximate surface area is 183 Å². The SMILES string of the molecule is N[C@@H](Cc1ccc(NC23CC4CC(C2)C(NCCCS(=O)(=O)O)C(C4)C3)cc1)C(=O)O. The van der Waals surface area contributed by atoms with Crippen molar-refractivity contribution in [3.63, 3.8) is 0 Å². The summed E-state index contributed by atoms with van der Waals surface area (Å²) in [6.07, 6.45) is 6.57. The summed E-state index contributed by atoms with van der Waals surface area (Å²) < 4.78 is 30.8. The molecule has 4 aliphatic carbocycles. The van der Waals surface area contributed by atoms with Crippen LogP contribution in [-0.2, 0) is 21.3 Å². The summed E-state index contributed by atoms with van der Waals surface area (Å²) in [6.45, 7) is 0.614. The summed E-state index contributed by atoms with van der Waals surface area (Å²) in [5, 5.41) is 16.4. The van der Waals surface area contributed by atoms with Gasteiger partial charge < -0.3 is 21.5 Å². The van der Waals surface area contributed by atoms with Crippen LogP contribution in [0.4, 0.5) is 5.69 Å². The van der Waals surface area contributed by atoms with Crippen molar-refractivity contribution in [1.29, 1.82) is 0 Å². The zero-order chi connectivity index (χ0) is 22.2. The van der Waals surface area contributed by atoms with Crippen LogP contribution in [0.15, 0.2) is 24.3 Å². The minimum Gasteiger partial charge on any atom is -0.480 e. The lowest BCUT2D eigenvalue weighted by Crippen LogP contribution is -2.63. The third kappa shape index (κ3) is 5.39. The van der Waals surface area contributed by atoms with Gasteiger partial charge in [-0.05, 0) is 86.9 Å². The van der Waals surface area contributed by atoms with E-state index in [-0.39, 0.29) is 11.3 Å². The first kappa shape index (κ1) is 22.5. The van der Waals surface area contributed by atoms with Crippen LogP contribution >= 0.6 is 0 Å². The van der Waals surface area contributed by atoms with Gasteiger partial charge in [0.15, 0.2) is 0 Å². The van der Waals surface area contributed by atoms with E-state index in [9.17, 15) is 13.2 Å². The van der Waals surface area contributed by atoms with Crippen molar-refractivity contribution in [2.45, 2.75) is 62.6 Å². The van der Waals surface area contributed by atoms with Gasteiger partial charge in [-0.1, -0.05) is 12.1 Å². The molecule has 1 aromatic carbocycles. The summed E-state index contributed by atoms with van der Waals surface area (Å²) in [5.74, 6) is 0.712. The van der Waals surface area contributed by atoms with Crippen LogP contribution in [0, 0.1) is 17.8 Å². The molecular weight excluding hydrogens is 418 g/mol. The molecule has 0 heterocycles. The van der Waals surface area contributed by atoms with E-state index in [1.165, 1.54) is 19.3 Å². The molecule has 0 spiro atoms. The van der Waals surface area contributed by atoms with Crippen molar-refractivity contribution in [2.75, 3.05) is 17.6 Å². The molecule has 0 saturated heterocycles. The summed E-state index contributed by atoms with van der Waals surface area (Å²) in [4.78, 5) is 11.0. The van der Waals surface area contributed by atoms with Gasteiger partial charge in [-0.2, -0.15) is 8.42 Å². The Kier molecular flexibility index (Phi) is 6.31. The number of anilines is 1. The van der Waals surface area contributed by atoms with E-state index in [1.807, 2.05) is 24.3 Å². The number of hydrogen-bond acceptors (Lipinski definition) is 6. The highest BCUT2D eigenvalue weighted by molar-refractivity contribution is 7.85. The summed E-state index contributed by atoms with van der Waals surface area (Å²) in [6, 6.07) is 7.48. The highest BCUT2D eigenvalue weighted by Crippen LogP contribution is 2.56. The van der Waals surface area contributed by atoms with E-state index >= 15 is 0 Å². The molecule has 2 unspecified atom stereocenters. The molecule has 8 nitrogen and oxygen atoms in total. The Morgan fingerprint density at radius 3 is 2.39 bits per heavy atom. The van der Waals surface area contributed by atoms with Gasteiger partial charge in [-0.3, -0.25) is 9.35 Å². The average molecular weight is 452 g/mol. The largest absolute Gasteiger partial charge is 0.480 e. The van der Waals surface area contributed by atoms with Gasteiger partial charge in [0.05, 0.1) is 5.75 Å². The monoisotopic (exact) mass is 451 g/mol. The number of nitrogens with two attached hydrogens (primary N) is 1. The van der Waals surface area contributed by atoms with Crippen LogP contribution in [0.25, 0.3) is 0 Å². The highest BCUT2D eigenvalue weighted by atomic mass is 32.2. The molecule has 31 heavy (non-hydrogen) atoms. The quantitative estimate of drug-likeness (QED) is 0.268. The van der Waals surface area contributed by atoms with Gasteiger partial charge in [-0.15, -0.1) is 0 Å². The first-order valence-corrected chi connectivity index (χ1v) is 12.8. The maximum Gasteiger partial charge on any atom is 0.320 e. The predicted octanol–water partition coefficient (Wildman–Crippen LogP) is 1.87. The van der Waals surface area contributed by atoms with E-state index in [1.54, 1.807) is 0 Å². The Morgan fingerprint density at radius 1 is 1.16 bits per heavy atom. The van der Waals surface area contributed by atoms with Crippen molar-refractivity contribution >= 4 is 21.8 Å². The first-order valence-electron chi connectivity index (χ1n) is 11.2. The lowest BCUT2D eigenvalue weighted by atomic mass is 9.51. The zero-order valence-corrected chi connectivity index (χ0v) is 18.5. The average Bonchev–Trinajstić information content (AvgIpc) is 2.66. The molecule has 4 bridgehead atoms. The van der Waals surface area contributed by atoms with Crippen molar-refractivity contribution < 1.29 is 22.9 Å². The Morgan fingerprint density at radius 2 is 1.81 bits per heavy atom. The summed E-state index contributed by atoms with van der Waals surface area (Å²) in [7, 11) is -3.89. The summed E-state index contributed by atoms with van der Waals surface area (Å²) in [5.41, 5.74) is 7.71. The Balaban J connectivity index is 1.35. The molecule has 172 valence electrons. The van der Waals surface area contributed by atoms with Crippen LogP contribution in [0.1, 0.15) is 44.1 Å². The molecule has 4 fully saturated rings. The minimum absolute atomic E-state index is 0.0993. The van der Waals surface area contributed by atoms with E-state index in [4.69, 9.17) is 15.4 Å². The van der Waals surface area contributed by atoms with Crippen molar-refractivity contribution in [1.82, 2.24) is 5.32 Å². The fourth-order valence-electron chi connectivity index (χ4n) is 6.41. The predicted molar refractivity (Wildman–Crippen MR) is 118 cm³/mol. The van der Waals surface area contributed by atoms with E-state index in [0.717, 1.165) is 30.0 Å². The number of rotatable bonds is 10. The van der Waals surface area contributed by atoms with Crippen molar-refractivity contribution in [3.05, 3.63) is 29.8 Å². The molecule has 6 N–H and O–H groups in total. The fraction of sp³-hybridized carbons (Fsp3) is 0.682. The molecule has 5 rings (SSSR count). The lowest BCUT2D eigenvalue weighted by Gasteiger charge is -2.60. The molecular formula is C22H33N3O5S. The Bertz CT molecular complexity index is 888. The Hall–Kier alpha value is -1.68. The van der Waals surface area contributed by atoms with Crippen LogP contribution in [0.5, 0.6) is 0 Å². The molecule has 0 aliphatic heterocycles. The smallest absolute Gasteiger partial charge is 0.320 e. The van der Waals surface area contributed by atoms with E-state index < -0.39 is 22.1 Å². The summed E-state index contributed by atoms with van der Waals surface area (Å²) >= 11 is 0. The van der Waals surface area contributed by atoms with Crippen LogP contribution < -0.4 is 16.4 Å². The number of carboxylic acids is 1. The lowest BCUT2D eigenvalue weighted by molar-refractivity contribution is -0.138. The molecule has 0 amide bonds. The molecule has 4 aliphatic rings. The number of carbonyl (C=O) groups is 1. The van der Waals surface area contributed by atoms with Crippen LogP contribution in [-0.4, -0.2) is 54.0 Å². The molecule has 3 atom stereocenters. The number of carboxylic acid groups (broad SMARTS) is 1. The minimum atomic E-state index is -3.89. The third-order valence-electron chi connectivity index (χ3n) is 7.37. The number of nitrogens with one attached hydrogen (secondary N) is 2. The molecule has 1 aromatic rings. The number of aliphatic carboxylic acids is 1. The number of hydrogen-bond donors (Lipinski definition) is 5. The van der Waals surface area contributed by atoms with Gasteiger partial charge >= 0.3 is 5.97 Å². The highest BCUT2D eigenvalue weighted by Gasteiger charge is 2.55. The second kappa shape index (κ2) is 8.69. The molecule has 0 radical (unpaired) electrons. The van der Waals surface area contributed by atoms with Gasteiger partial charge in [0.2, 0.25) is 0 Å². The van der Waals surface area contributed by atoms with Gasteiger partial charge in [0.25, 0.3) is 10.1 Å². The molecule has 4 saturated carbocycles. The first-order chi connectivity index (χ1) is 14.6. The van der Waals surface area contributed by atoms with Crippen LogP contribution in [0.3, 0.4) is 0 Å². The van der Waals surface area contributed by atoms with Crippen LogP contribution in [0.2, 0.25) is 0 Å².